The van der Waals surface area contributed by atoms with Gasteiger partial charge < -0.3 is 11.1 Å². The molecule has 0 saturated carbocycles. The van der Waals surface area contributed by atoms with Crippen LogP contribution in [0, 0.1) is 5.82 Å². The maximum absolute atomic E-state index is 12.9. The van der Waals surface area contributed by atoms with Crippen molar-refractivity contribution in [2.45, 2.75) is 32.2 Å². The normalized spacial score (nSPS) is 11.1. The number of nitrogens with one attached hydrogen (secondary N) is 1. The Bertz CT molecular complexity index is 622. The van der Waals surface area contributed by atoms with E-state index in [9.17, 15) is 9.18 Å². The lowest BCUT2D eigenvalue weighted by Gasteiger charge is -2.15. The van der Waals surface area contributed by atoms with E-state index >= 15 is 0 Å². The summed E-state index contributed by atoms with van der Waals surface area (Å²) in [4.78, 5) is 16.5. The van der Waals surface area contributed by atoms with Crippen molar-refractivity contribution in [3.8, 4) is 10.6 Å². The number of unbranched alkanes of at least 4 members (excludes halogenated alkanes) is 1. The summed E-state index contributed by atoms with van der Waals surface area (Å²) in [6.45, 7) is 2.52. The fourth-order valence-corrected chi connectivity index (χ4v) is 2.87. The number of nitrogens with two attached hydrogens (primary N) is 1. The Morgan fingerprint density at radius 1 is 1.33 bits per heavy atom. The summed E-state index contributed by atoms with van der Waals surface area (Å²) in [5.41, 5.74) is 6.85. The molecular formula is C16H22Cl2FN3OS. The Morgan fingerprint density at radius 2 is 2.00 bits per heavy atom. The van der Waals surface area contributed by atoms with E-state index in [2.05, 4.69) is 17.2 Å². The zero-order valence-electron chi connectivity index (χ0n) is 13.3. The second-order valence-corrected chi connectivity index (χ2v) is 5.95. The van der Waals surface area contributed by atoms with Crippen molar-refractivity contribution in [1.82, 2.24) is 10.3 Å². The third-order valence-corrected chi connectivity index (χ3v) is 4.25. The molecule has 1 atom stereocenters. The monoisotopic (exact) mass is 393 g/mol. The van der Waals surface area contributed by atoms with Crippen LogP contribution in [0.5, 0.6) is 0 Å². The molecule has 0 bridgehead atoms. The van der Waals surface area contributed by atoms with E-state index in [4.69, 9.17) is 5.73 Å². The summed E-state index contributed by atoms with van der Waals surface area (Å²) in [5, 5.41) is 5.32. The van der Waals surface area contributed by atoms with Crippen LogP contribution in [0.1, 0.15) is 36.7 Å². The minimum absolute atomic E-state index is 0. The number of thiazole rings is 1. The number of hydrogen-bond acceptors (Lipinski definition) is 4. The van der Waals surface area contributed by atoms with Crippen molar-refractivity contribution in [2.75, 3.05) is 6.54 Å². The van der Waals surface area contributed by atoms with E-state index in [-0.39, 0.29) is 42.6 Å². The SMILES string of the molecule is CCCCC(CN)NC(=O)c1csc(-c2ccc(F)cc2)n1.Cl.Cl. The predicted molar refractivity (Wildman–Crippen MR) is 102 cm³/mol. The van der Waals surface area contributed by atoms with Crippen LogP contribution in [-0.2, 0) is 0 Å². The van der Waals surface area contributed by atoms with Gasteiger partial charge in [-0.2, -0.15) is 0 Å². The highest BCUT2D eigenvalue weighted by Crippen LogP contribution is 2.23. The lowest BCUT2D eigenvalue weighted by atomic mass is 10.1. The Kier molecular flexibility index (Phi) is 10.8. The van der Waals surface area contributed by atoms with Crippen LogP contribution in [0.2, 0.25) is 0 Å². The summed E-state index contributed by atoms with van der Waals surface area (Å²) >= 11 is 1.36. The highest BCUT2D eigenvalue weighted by molar-refractivity contribution is 7.13. The van der Waals surface area contributed by atoms with Crippen molar-refractivity contribution in [3.63, 3.8) is 0 Å². The van der Waals surface area contributed by atoms with Gasteiger partial charge in [0.25, 0.3) is 5.91 Å². The standard InChI is InChI=1S/C16H20FN3OS.2ClH/c1-2-3-4-13(9-18)19-15(21)14-10-22-16(20-14)11-5-7-12(17)8-6-11;;/h5-8,10,13H,2-4,9,18H2,1H3,(H,19,21);2*1H. The topological polar surface area (TPSA) is 68.0 Å². The molecule has 2 aromatic rings. The van der Waals surface area contributed by atoms with Gasteiger partial charge in [-0.25, -0.2) is 9.37 Å². The minimum Gasteiger partial charge on any atom is -0.347 e. The Labute approximate surface area is 157 Å². The Balaban J connectivity index is 0.00000264. The predicted octanol–water partition coefficient (Wildman–Crippen LogP) is 4.04. The van der Waals surface area contributed by atoms with Gasteiger partial charge in [-0.3, -0.25) is 4.79 Å². The average Bonchev–Trinajstić information content (AvgIpc) is 3.02. The first kappa shape index (κ1) is 22.8. The lowest BCUT2D eigenvalue weighted by molar-refractivity contribution is 0.0931. The first-order valence-corrected chi connectivity index (χ1v) is 8.24. The first-order chi connectivity index (χ1) is 10.6. The van der Waals surface area contributed by atoms with E-state index in [1.54, 1.807) is 17.5 Å². The van der Waals surface area contributed by atoms with Gasteiger partial charge in [0.05, 0.1) is 0 Å². The molecule has 1 unspecified atom stereocenters. The van der Waals surface area contributed by atoms with Gasteiger partial charge in [-0.1, -0.05) is 19.8 Å². The fourth-order valence-electron chi connectivity index (χ4n) is 2.06. The Morgan fingerprint density at radius 3 is 2.58 bits per heavy atom. The highest BCUT2D eigenvalue weighted by Gasteiger charge is 2.15. The molecule has 1 aromatic carbocycles. The molecule has 0 saturated heterocycles. The molecule has 1 amide bonds. The fraction of sp³-hybridized carbons (Fsp3) is 0.375. The molecule has 1 aromatic heterocycles. The molecule has 0 aliphatic heterocycles. The zero-order valence-corrected chi connectivity index (χ0v) is 15.8. The number of carbonyl (C=O) groups is 1. The summed E-state index contributed by atoms with van der Waals surface area (Å²) in [6, 6.07) is 6.04. The lowest BCUT2D eigenvalue weighted by Crippen LogP contribution is -2.40. The first-order valence-electron chi connectivity index (χ1n) is 7.36. The number of carbonyl (C=O) groups excluding carboxylic acids is 1. The maximum Gasteiger partial charge on any atom is 0.271 e. The van der Waals surface area contributed by atoms with E-state index in [1.165, 1.54) is 23.5 Å². The van der Waals surface area contributed by atoms with Crippen LogP contribution < -0.4 is 11.1 Å². The number of amides is 1. The van der Waals surface area contributed by atoms with Crippen LogP contribution >= 0.6 is 36.2 Å². The van der Waals surface area contributed by atoms with Crippen LogP contribution in [0.3, 0.4) is 0 Å². The molecule has 0 aliphatic carbocycles. The summed E-state index contributed by atoms with van der Waals surface area (Å²) < 4.78 is 12.9. The van der Waals surface area contributed by atoms with Gasteiger partial charge in [-0.15, -0.1) is 36.2 Å². The second kappa shape index (κ2) is 11.4. The van der Waals surface area contributed by atoms with Gasteiger partial charge in [0, 0.05) is 23.5 Å². The molecule has 3 N–H and O–H groups in total. The third-order valence-electron chi connectivity index (χ3n) is 3.35. The van der Waals surface area contributed by atoms with Gasteiger partial charge in [0.2, 0.25) is 0 Å². The Hall–Kier alpha value is -1.21. The maximum atomic E-state index is 12.9. The number of benzene rings is 1. The van der Waals surface area contributed by atoms with Gasteiger partial charge >= 0.3 is 0 Å². The molecule has 8 heteroatoms. The average molecular weight is 394 g/mol. The second-order valence-electron chi connectivity index (χ2n) is 5.09. The van der Waals surface area contributed by atoms with Crippen molar-refractivity contribution >= 4 is 42.1 Å². The van der Waals surface area contributed by atoms with Crippen LogP contribution in [0.15, 0.2) is 29.6 Å². The summed E-state index contributed by atoms with van der Waals surface area (Å²) in [5.74, 6) is -0.504. The van der Waals surface area contributed by atoms with Crippen LogP contribution in [0.4, 0.5) is 4.39 Å². The molecule has 134 valence electrons. The molecule has 2 rings (SSSR count). The molecule has 0 aliphatic rings. The van der Waals surface area contributed by atoms with Crippen LogP contribution in [-0.4, -0.2) is 23.5 Å². The number of hydrogen-bond donors (Lipinski definition) is 2. The number of aromatic nitrogens is 1. The van der Waals surface area contributed by atoms with E-state index in [1.807, 2.05) is 0 Å². The number of halogens is 3. The molecular weight excluding hydrogens is 372 g/mol. The van der Waals surface area contributed by atoms with Crippen molar-refractivity contribution in [1.29, 1.82) is 0 Å². The number of rotatable bonds is 7. The molecule has 0 spiro atoms. The summed E-state index contributed by atoms with van der Waals surface area (Å²) in [7, 11) is 0. The van der Waals surface area contributed by atoms with E-state index in [0.29, 0.717) is 17.2 Å². The molecule has 0 radical (unpaired) electrons. The van der Waals surface area contributed by atoms with Gasteiger partial charge in [0.15, 0.2) is 0 Å². The zero-order chi connectivity index (χ0) is 15.9. The van der Waals surface area contributed by atoms with Gasteiger partial charge in [0.1, 0.15) is 16.5 Å². The van der Waals surface area contributed by atoms with Crippen LogP contribution in [0.25, 0.3) is 10.6 Å². The largest absolute Gasteiger partial charge is 0.347 e. The van der Waals surface area contributed by atoms with Gasteiger partial charge in [-0.05, 0) is 30.7 Å². The van der Waals surface area contributed by atoms with E-state index < -0.39 is 0 Å². The number of nitrogens with zero attached hydrogens (tertiary/aromatic N) is 1. The molecule has 4 nitrogen and oxygen atoms in total. The molecule has 24 heavy (non-hydrogen) atoms. The van der Waals surface area contributed by atoms with E-state index in [0.717, 1.165) is 24.8 Å². The third kappa shape index (κ3) is 6.36. The smallest absolute Gasteiger partial charge is 0.271 e. The molecule has 1 heterocycles. The quantitative estimate of drug-likeness (QED) is 0.745. The van der Waals surface area contributed by atoms with Crippen molar-refractivity contribution in [3.05, 3.63) is 41.2 Å². The molecule has 0 fully saturated rings. The minimum atomic E-state index is -0.292. The highest BCUT2D eigenvalue weighted by atomic mass is 35.5. The van der Waals surface area contributed by atoms with Crippen molar-refractivity contribution < 1.29 is 9.18 Å². The van der Waals surface area contributed by atoms with Crippen molar-refractivity contribution in [2.24, 2.45) is 5.73 Å². The summed E-state index contributed by atoms with van der Waals surface area (Å²) in [6.07, 6.45) is 2.96.